The van der Waals surface area contributed by atoms with Crippen molar-refractivity contribution < 1.29 is 9.53 Å². The summed E-state index contributed by atoms with van der Waals surface area (Å²) in [6, 6.07) is 6.27. The molecule has 2 heterocycles. The predicted octanol–water partition coefficient (Wildman–Crippen LogP) is 2.56. The van der Waals surface area contributed by atoms with E-state index in [9.17, 15) is 4.79 Å². The van der Waals surface area contributed by atoms with Crippen LogP contribution < -0.4 is 10.6 Å². The number of hydrogen-bond acceptors (Lipinski definition) is 6. The number of morpholine rings is 1. The van der Waals surface area contributed by atoms with Gasteiger partial charge in [-0.2, -0.15) is 0 Å². The van der Waals surface area contributed by atoms with Crippen molar-refractivity contribution in [1.29, 1.82) is 0 Å². The highest BCUT2D eigenvalue weighted by molar-refractivity contribution is 7.18. The molecule has 0 aliphatic carbocycles. The smallest absolute Gasteiger partial charge is 0.227 e. The van der Waals surface area contributed by atoms with Gasteiger partial charge in [-0.3, -0.25) is 4.79 Å². The van der Waals surface area contributed by atoms with Crippen LogP contribution in [0.3, 0.4) is 0 Å². The van der Waals surface area contributed by atoms with E-state index >= 15 is 0 Å². The zero-order valence-electron chi connectivity index (χ0n) is 13.7. The van der Waals surface area contributed by atoms with Gasteiger partial charge in [0.05, 0.1) is 13.2 Å². The lowest BCUT2D eigenvalue weighted by Crippen LogP contribution is -2.43. The minimum Gasteiger partial charge on any atom is -0.378 e. The number of amides is 1. The Morgan fingerprint density at radius 1 is 1.42 bits per heavy atom. The summed E-state index contributed by atoms with van der Waals surface area (Å²) in [4.78, 5) is 12.1. The molecule has 3 rings (SSSR count). The summed E-state index contributed by atoms with van der Waals surface area (Å²) in [5.41, 5.74) is 3.42. The number of nitrogens with zero attached hydrogens (tertiary/aromatic N) is 2. The second kappa shape index (κ2) is 8.53. The summed E-state index contributed by atoms with van der Waals surface area (Å²) in [5.74, 6) is -0.0728. The maximum Gasteiger partial charge on any atom is 0.227 e. The molecule has 0 spiro atoms. The van der Waals surface area contributed by atoms with Crippen molar-refractivity contribution in [1.82, 2.24) is 15.5 Å². The van der Waals surface area contributed by atoms with Crippen LogP contribution in [0.2, 0.25) is 0 Å². The zero-order chi connectivity index (χ0) is 16.2. The van der Waals surface area contributed by atoms with Gasteiger partial charge in [0.15, 0.2) is 0 Å². The first-order valence-electron chi connectivity index (χ1n) is 7.64. The summed E-state index contributed by atoms with van der Waals surface area (Å²) in [6.07, 6.45) is 0.373. The lowest BCUT2D eigenvalue weighted by Gasteiger charge is -2.22. The van der Waals surface area contributed by atoms with Gasteiger partial charge >= 0.3 is 0 Å². The average Bonchev–Trinajstić information content (AvgIpc) is 2.96. The van der Waals surface area contributed by atoms with E-state index in [1.165, 1.54) is 16.9 Å². The third-order valence-corrected chi connectivity index (χ3v) is 4.59. The first-order valence-corrected chi connectivity index (χ1v) is 8.45. The van der Waals surface area contributed by atoms with Gasteiger partial charge in [0, 0.05) is 24.6 Å². The van der Waals surface area contributed by atoms with Crippen molar-refractivity contribution in [2.75, 3.05) is 25.1 Å². The van der Waals surface area contributed by atoms with Gasteiger partial charge in [-0.05, 0) is 19.4 Å². The fourth-order valence-corrected chi connectivity index (χ4v) is 3.43. The molecule has 1 amide bonds. The standard InChI is InChI=1S/C16H20N4O2S.ClH/c1-10-3-4-13(11(2)7-10)15-19-20-16(23-15)18-14(21)8-12-9-22-6-5-17-12;/h3-4,7,12,17H,5-6,8-9H2,1-2H3,(H,18,20,21);1H. The Balaban J connectivity index is 0.00000208. The molecule has 1 fully saturated rings. The molecule has 2 N–H and O–H groups in total. The SMILES string of the molecule is Cc1ccc(-c2nnc(NC(=O)CC3COCCN3)s2)c(C)c1.Cl. The largest absolute Gasteiger partial charge is 0.378 e. The van der Waals surface area contributed by atoms with Crippen molar-refractivity contribution in [2.24, 2.45) is 0 Å². The average molecular weight is 369 g/mol. The molecular formula is C16H21ClN4O2S. The number of aromatic nitrogens is 2. The first-order chi connectivity index (χ1) is 11.1. The number of anilines is 1. The fraction of sp³-hybridized carbons (Fsp3) is 0.438. The van der Waals surface area contributed by atoms with Gasteiger partial charge in [0.2, 0.25) is 11.0 Å². The topological polar surface area (TPSA) is 76.1 Å². The molecule has 2 aromatic rings. The third-order valence-electron chi connectivity index (χ3n) is 3.71. The fourth-order valence-electron chi connectivity index (χ4n) is 2.58. The number of ether oxygens (including phenoxy) is 1. The van der Waals surface area contributed by atoms with Crippen LogP contribution in [0.25, 0.3) is 10.6 Å². The normalized spacial score (nSPS) is 17.2. The number of carbonyl (C=O) groups is 1. The van der Waals surface area contributed by atoms with Crippen LogP contribution in [0.5, 0.6) is 0 Å². The van der Waals surface area contributed by atoms with Crippen LogP contribution in [0.4, 0.5) is 5.13 Å². The van der Waals surface area contributed by atoms with Crippen LogP contribution >= 0.6 is 23.7 Å². The Morgan fingerprint density at radius 2 is 2.25 bits per heavy atom. The Kier molecular flexibility index (Phi) is 6.68. The molecule has 1 aromatic heterocycles. The molecular weight excluding hydrogens is 348 g/mol. The Bertz CT molecular complexity index is 701. The van der Waals surface area contributed by atoms with Crippen LogP contribution in [-0.4, -0.2) is 41.9 Å². The van der Waals surface area contributed by atoms with E-state index in [0.29, 0.717) is 24.8 Å². The molecule has 0 radical (unpaired) electrons. The van der Waals surface area contributed by atoms with E-state index in [4.69, 9.17) is 4.74 Å². The molecule has 1 unspecified atom stereocenters. The molecule has 1 aromatic carbocycles. The highest BCUT2D eigenvalue weighted by Crippen LogP contribution is 2.29. The van der Waals surface area contributed by atoms with Gasteiger partial charge in [0.1, 0.15) is 5.01 Å². The summed E-state index contributed by atoms with van der Waals surface area (Å²) in [7, 11) is 0. The quantitative estimate of drug-likeness (QED) is 0.867. The highest BCUT2D eigenvalue weighted by atomic mass is 35.5. The number of benzene rings is 1. The maximum atomic E-state index is 12.1. The van der Waals surface area contributed by atoms with E-state index in [-0.39, 0.29) is 24.4 Å². The van der Waals surface area contributed by atoms with Gasteiger partial charge in [-0.15, -0.1) is 22.6 Å². The number of hydrogen-bond donors (Lipinski definition) is 2. The molecule has 130 valence electrons. The van der Waals surface area contributed by atoms with Gasteiger partial charge in [0.25, 0.3) is 0 Å². The Labute approximate surface area is 151 Å². The van der Waals surface area contributed by atoms with E-state index in [1.54, 1.807) is 0 Å². The van der Waals surface area contributed by atoms with Crippen LogP contribution in [0.1, 0.15) is 17.5 Å². The van der Waals surface area contributed by atoms with E-state index in [2.05, 4.69) is 46.8 Å². The summed E-state index contributed by atoms with van der Waals surface area (Å²) in [6.45, 7) is 6.17. The van der Waals surface area contributed by atoms with Crippen LogP contribution in [0, 0.1) is 13.8 Å². The number of halogens is 1. The van der Waals surface area contributed by atoms with Crippen LogP contribution in [-0.2, 0) is 9.53 Å². The number of aryl methyl sites for hydroxylation is 2. The maximum absolute atomic E-state index is 12.1. The van der Waals surface area contributed by atoms with E-state index < -0.39 is 0 Å². The Hall–Kier alpha value is -1.54. The van der Waals surface area contributed by atoms with Gasteiger partial charge < -0.3 is 15.4 Å². The summed E-state index contributed by atoms with van der Waals surface area (Å²) in [5, 5.41) is 15.7. The van der Waals surface area contributed by atoms with Gasteiger partial charge in [-0.1, -0.05) is 35.1 Å². The minimum atomic E-state index is -0.0728. The van der Waals surface area contributed by atoms with Crippen molar-refractivity contribution in [3.63, 3.8) is 0 Å². The first kappa shape index (κ1) is 18.8. The summed E-state index contributed by atoms with van der Waals surface area (Å²) < 4.78 is 5.35. The van der Waals surface area contributed by atoms with Crippen molar-refractivity contribution in [2.45, 2.75) is 26.3 Å². The molecule has 1 saturated heterocycles. The predicted molar refractivity (Wildman–Crippen MR) is 97.9 cm³/mol. The van der Waals surface area contributed by atoms with Crippen molar-refractivity contribution in [3.8, 4) is 10.6 Å². The second-order valence-electron chi connectivity index (χ2n) is 5.71. The van der Waals surface area contributed by atoms with Crippen LogP contribution in [0.15, 0.2) is 18.2 Å². The number of nitrogens with one attached hydrogen (secondary N) is 2. The lowest BCUT2D eigenvalue weighted by atomic mass is 10.1. The molecule has 1 atom stereocenters. The number of rotatable bonds is 4. The summed E-state index contributed by atoms with van der Waals surface area (Å²) >= 11 is 1.39. The molecule has 24 heavy (non-hydrogen) atoms. The molecule has 6 nitrogen and oxygen atoms in total. The molecule has 0 saturated carbocycles. The van der Waals surface area contributed by atoms with Gasteiger partial charge in [-0.25, -0.2) is 0 Å². The lowest BCUT2D eigenvalue weighted by molar-refractivity contribution is -0.117. The Morgan fingerprint density at radius 3 is 2.96 bits per heavy atom. The van der Waals surface area contributed by atoms with Crippen molar-refractivity contribution in [3.05, 3.63) is 29.3 Å². The number of carbonyl (C=O) groups excluding carboxylic acids is 1. The zero-order valence-corrected chi connectivity index (χ0v) is 15.3. The second-order valence-corrected chi connectivity index (χ2v) is 6.69. The molecule has 8 heteroatoms. The molecule has 0 bridgehead atoms. The van der Waals surface area contributed by atoms with Crippen molar-refractivity contribution >= 4 is 34.8 Å². The van der Waals surface area contributed by atoms with E-state index in [0.717, 1.165) is 22.7 Å². The monoisotopic (exact) mass is 368 g/mol. The molecule has 1 aliphatic heterocycles. The van der Waals surface area contributed by atoms with E-state index in [1.807, 2.05) is 6.07 Å². The molecule has 1 aliphatic rings. The highest BCUT2D eigenvalue weighted by Gasteiger charge is 2.18. The minimum absolute atomic E-state index is 0. The third kappa shape index (κ3) is 4.73.